The van der Waals surface area contributed by atoms with Gasteiger partial charge in [0.1, 0.15) is 17.2 Å². The number of aryl methyl sites for hydroxylation is 1. The van der Waals surface area contributed by atoms with Crippen molar-refractivity contribution in [2.24, 2.45) is 0 Å². The number of hydrogen-bond donors (Lipinski definition) is 2. The van der Waals surface area contributed by atoms with Gasteiger partial charge in [-0.15, -0.1) is 0 Å². The molecular formula is C21H17F3N4O2. The van der Waals surface area contributed by atoms with Crippen LogP contribution in [0.15, 0.2) is 30.3 Å². The van der Waals surface area contributed by atoms with E-state index in [9.17, 15) is 18.0 Å². The van der Waals surface area contributed by atoms with Crippen LogP contribution in [-0.4, -0.2) is 30.8 Å². The van der Waals surface area contributed by atoms with Crippen LogP contribution < -0.4 is 0 Å². The van der Waals surface area contributed by atoms with Gasteiger partial charge in [-0.05, 0) is 32.0 Å². The van der Waals surface area contributed by atoms with Gasteiger partial charge in [0, 0.05) is 22.4 Å². The summed E-state index contributed by atoms with van der Waals surface area (Å²) in [5, 5.41) is 13.4. The zero-order chi connectivity index (χ0) is 21.6. The average molecular weight is 414 g/mol. The number of nitrogens with zero attached hydrogens (tertiary/aromatic N) is 3. The molecule has 2 heterocycles. The minimum atomic E-state index is -1.06. The molecule has 0 aliphatic rings. The summed E-state index contributed by atoms with van der Waals surface area (Å²) in [5.74, 6) is -3.33. The molecule has 9 heteroatoms. The number of aromatic nitrogens is 4. The summed E-state index contributed by atoms with van der Waals surface area (Å²) in [6.07, 6.45) is -0.151. The Morgan fingerprint density at radius 1 is 1.13 bits per heavy atom. The molecule has 6 nitrogen and oxygen atoms in total. The third-order valence-corrected chi connectivity index (χ3v) is 5.05. The second-order valence-corrected chi connectivity index (χ2v) is 7.03. The van der Waals surface area contributed by atoms with E-state index in [1.807, 2.05) is 0 Å². The lowest BCUT2D eigenvalue weighted by Crippen LogP contribution is -2.07. The predicted octanol–water partition coefficient (Wildman–Crippen LogP) is 4.14. The van der Waals surface area contributed by atoms with Gasteiger partial charge in [0.15, 0.2) is 11.6 Å². The molecule has 0 spiro atoms. The van der Waals surface area contributed by atoms with E-state index in [4.69, 9.17) is 5.11 Å². The highest BCUT2D eigenvalue weighted by molar-refractivity contribution is 5.80. The minimum Gasteiger partial charge on any atom is -0.481 e. The smallest absolute Gasteiger partial charge is 0.307 e. The number of H-pyrrole nitrogens is 1. The predicted molar refractivity (Wildman–Crippen MR) is 104 cm³/mol. The van der Waals surface area contributed by atoms with Crippen molar-refractivity contribution in [3.63, 3.8) is 0 Å². The molecule has 0 aliphatic heterocycles. The van der Waals surface area contributed by atoms with E-state index in [0.29, 0.717) is 33.6 Å². The molecule has 2 aromatic carbocycles. The molecule has 0 unspecified atom stereocenters. The number of benzene rings is 2. The Balaban J connectivity index is 1.65. The molecule has 4 aromatic rings. The minimum absolute atomic E-state index is 0.123. The Morgan fingerprint density at radius 3 is 2.60 bits per heavy atom. The first-order valence-electron chi connectivity index (χ1n) is 9.11. The van der Waals surface area contributed by atoms with Gasteiger partial charge in [0.25, 0.3) is 0 Å². The summed E-state index contributed by atoms with van der Waals surface area (Å²) < 4.78 is 43.6. The van der Waals surface area contributed by atoms with Crippen molar-refractivity contribution in [2.45, 2.75) is 26.8 Å². The number of carbonyl (C=O) groups is 1. The number of aromatic amines is 1. The van der Waals surface area contributed by atoms with Crippen LogP contribution in [0, 0.1) is 31.3 Å². The van der Waals surface area contributed by atoms with Crippen LogP contribution in [0.25, 0.3) is 22.4 Å². The first-order valence-corrected chi connectivity index (χ1v) is 9.11. The third-order valence-electron chi connectivity index (χ3n) is 5.05. The maximum Gasteiger partial charge on any atom is 0.307 e. The molecule has 30 heavy (non-hydrogen) atoms. The lowest BCUT2D eigenvalue weighted by molar-refractivity contribution is -0.136. The van der Waals surface area contributed by atoms with Crippen molar-refractivity contribution in [1.82, 2.24) is 19.7 Å². The lowest BCUT2D eigenvalue weighted by atomic mass is 10.1. The third kappa shape index (κ3) is 3.42. The van der Waals surface area contributed by atoms with Crippen LogP contribution in [0.2, 0.25) is 0 Å². The Morgan fingerprint density at radius 2 is 1.90 bits per heavy atom. The van der Waals surface area contributed by atoms with Gasteiger partial charge in [-0.3, -0.25) is 9.48 Å². The van der Waals surface area contributed by atoms with Gasteiger partial charge in [0.05, 0.1) is 24.2 Å². The van der Waals surface area contributed by atoms with Crippen molar-refractivity contribution in [3.05, 3.63) is 70.3 Å². The Bertz CT molecular complexity index is 1290. The Hall–Kier alpha value is -3.62. The molecule has 0 fully saturated rings. The molecule has 0 amide bonds. The molecule has 0 saturated carbocycles. The maximum absolute atomic E-state index is 14.8. The summed E-state index contributed by atoms with van der Waals surface area (Å²) in [7, 11) is 0. The highest BCUT2D eigenvalue weighted by Gasteiger charge is 2.17. The highest BCUT2D eigenvalue weighted by Crippen LogP contribution is 2.26. The van der Waals surface area contributed by atoms with E-state index in [1.54, 1.807) is 30.7 Å². The molecule has 0 radical (unpaired) electrons. The highest BCUT2D eigenvalue weighted by atomic mass is 19.2. The van der Waals surface area contributed by atoms with Crippen molar-refractivity contribution in [3.8, 4) is 11.4 Å². The molecule has 2 aromatic heterocycles. The quantitative estimate of drug-likeness (QED) is 0.514. The summed E-state index contributed by atoms with van der Waals surface area (Å²) in [6.45, 7) is 3.58. The normalized spacial score (nSPS) is 11.4. The van der Waals surface area contributed by atoms with Gasteiger partial charge in [0.2, 0.25) is 0 Å². The number of carboxylic acid groups (broad SMARTS) is 1. The van der Waals surface area contributed by atoms with Gasteiger partial charge in [-0.2, -0.15) is 5.10 Å². The first-order chi connectivity index (χ1) is 14.2. The van der Waals surface area contributed by atoms with E-state index >= 15 is 0 Å². The molecule has 2 N–H and O–H groups in total. The second-order valence-electron chi connectivity index (χ2n) is 7.03. The number of imidazole rings is 1. The van der Waals surface area contributed by atoms with Crippen LogP contribution in [0.1, 0.15) is 22.5 Å². The molecule has 0 bridgehead atoms. The van der Waals surface area contributed by atoms with Crippen molar-refractivity contribution in [2.75, 3.05) is 0 Å². The molecule has 4 rings (SSSR count). The number of hydrogen-bond acceptors (Lipinski definition) is 3. The maximum atomic E-state index is 14.8. The van der Waals surface area contributed by atoms with E-state index in [2.05, 4.69) is 15.1 Å². The fourth-order valence-electron chi connectivity index (χ4n) is 3.43. The van der Waals surface area contributed by atoms with E-state index in [1.165, 1.54) is 12.1 Å². The fraction of sp³-hybridized carbons (Fsp3) is 0.190. The molecule has 0 saturated heterocycles. The van der Waals surface area contributed by atoms with Gasteiger partial charge >= 0.3 is 5.97 Å². The van der Waals surface area contributed by atoms with Gasteiger partial charge in [-0.25, -0.2) is 18.2 Å². The summed E-state index contributed by atoms with van der Waals surface area (Å²) >= 11 is 0. The van der Waals surface area contributed by atoms with Crippen molar-refractivity contribution >= 4 is 17.0 Å². The lowest BCUT2D eigenvalue weighted by Gasteiger charge is -2.08. The number of nitrogens with one attached hydrogen (secondary N) is 1. The number of fused-ring (bicyclic) bond motifs is 1. The Kier molecular flexibility index (Phi) is 4.81. The van der Waals surface area contributed by atoms with Crippen LogP contribution in [0.5, 0.6) is 0 Å². The topological polar surface area (TPSA) is 83.8 Å². The number of halogens is 3. The molecule has 0 atom stereocenters. The van der Waals surface area contributed by atoms with Crippen LogP contribution in [0.3, 0.4) is 0 Å². The van der Waals surface area contributed by atoms with Crippen LogP contribution in [0.4, 0.5) is 13.2 Å². The summed E-state index contributed by atoms with van der Waals surface area (Å²) in [4.78, 5) is 17.9. The molecular weight excluding hydrogens is 397 g/mol. The number of aliphatic carboxylic acids is 1. The zero-order valence-corrected chi connectivity index (χ0v) is 16.1. The molecule has 154 valence electrons. The number of rotatable bonds is 5. The van der Waals surface area contributed by atoms with Gasteiger partial charge < -0.3 is 10.1 Å². The van der Waals surface area contributed by atoms with E-state index < -0.39 is 23.4 Å². The monoisotopic (exact) mass is 414 g/mol. The molecule has 0 aliphatic carbocycles. The van der Waals surface area contributed by atoms with E-state index in [0.717, 1.165) is 6.07 Å². The number of carboxylic acids is 1. The van der Waals surface area contributed by atoms with E-state index in [-0.39, 0.29) is 24.3 Å². The largest absolute Gasteiger partial charge is 0.481 e. The van der Waals surface area contributed by atoms with Crippen LogP contribution >= 0.6 is 0 Å². The zero-order valence-electron chi connectivity index (χ0n) is 16.1. The van der Waals surface area contributed by atoms with Crippen LogP contribution in [-0.2, 0) is 17.8 Å². The Labute approximate surface area is 169 Å². The standard InChI is InChI=1S/C21H17F3N4O2/c1-10-14(8-18(29)30)11(2)28(27-10)9-13-4-3-12(7-16(13)23)21-25-17-6-5-15(22)19(24)20(17)26-21/h3-7H,8-9H2,1-2H3,(H,25,26)(H,29,30). The summed E-state index contributed by atoms with van der Waals surface area (Å²) in [5.41, 5.74) is 2.74. The SMILES string of the molecule is Cc1nn(Cc2ccc(-c3nc4c(F)c(F)ccc4[nH]3)cc2F)c(C)c1CC(=O)O. The first kappa shape index (κ1) is 19.7. The van der Waals surface area contributed by atoms with Crippen molar-refractivity contribution < 1.29 is 23.1 Å². The fourth-order valence-corrected chi connectivity index (χ4v) is 3.43. The van der Waals surface area contributed by atoms with Gasteiger partial charge in [-0.1, -0.05) is 12.1 Å². The summed E-state index contributed by atoms with van der Waals surface area (Å²) in [6, 6.07) is 6.80. The average Bonchev–Trinajstić information content (AvgIpc) is 3.24. The second kappa shape index (κ2) is 7.33. The van der Waals surface area contributed by atoms with Crippen molar-refractivity contribution in [1.29, 1.82) is 0 Å².